The molecule has 0 amide bonds. The highest BCUT2D eigenvalue weighted by Gasteiger charge is 2.26. The molecule has 110 valence electrons. The summed E-state index contributed by atoms with van der Waals surface area (Å²) in [5, 5.41) is 3.35. The third-order valence-electron chi connectivity index (χ3n) is 3.13. The quantitative estimate of drug-likeness (QED) is 0.689. The van der Waals surface area contributed by atoms with E-state index in [1.54, 1.807) is 0 Å². The summed E-state index contributed by atoms with van der Waals surface area (Å²) in [7, 11) is 0. The van der Waals surface area contributed by atoms with Crippen molar-refractivity contribution in [1.29, 1.82) is 0 Å². The molecule has 0 saturated heterocycles. The van der Waals surface area contributed by atoms with Crippen LogP contribution in [-0.4, -0.2) is 6.54 Å². The molecule has 1 unspecified atom stereocenters. The first-order valence-corrected chi connectivity index (χ1v) is 7.13. The second-order valence-electron chi connectivity index (χ2n) is 4.54. The van der Waals surface area contributed by atoms with E-state index in [1.807, 2.05) is 0 Å². The molecule has 1 atom stereocenters. The average Bonchev–Trinajstić information content (AvgIpc) is 2.42. The maximum Gasteiger partial charge on any atom is 0.162 e. The van der Waals surface area contributed by atoms with Crippen molar-refractivity contribution >= 4 is 40.5 Å². The SMILES string of the molecule is Fc1cc(Cl)c2c(c1)NCC(c1cc(F)c(Cl)cc1Cl)O2. The van der Waals surface area contributed by atoms with Crippen LogP contribution in [0.2, 0.25) is 15.1 Å². The van der Waals surface area contributed by atoms with Gasteiger partial charge in [0.05, 0.1) is 22.3 Å². The van der Waals surface area contributed by atoms with E-state index in [1.165, 1.54) is 18.2 Å². The topological polar surface area (TPSA) is 21.3 Å². The molecule has 0 radical (unpaired) electrons. The molecule has 0 spiro atoms. The van der Waals surface area contributed by atoms with Gasteiger partial charge in [-0.1, -0.05) is 34.8 Å². The van der Waals surface area contributed by atoms with Crippen molar-refractivity contribution in [2.45, 2.75) is 6.10 Å². The maximum atomic E-state index is 13.6. The molecule has 0 saturated carbocycles. The smallest absolute Gasteiger partial charge is 0.162 e. The average molecular weight is 351 g/mol. The van der Waals surface area contributed by atoms with Crippen LogP contribution in [-0.2, 0) is 0 Å². The van der Waals surface area contributed by atoms with Crippen LogP contribution < -0.4 is 10.1 Å². The molecule has 1 heterocycles. The van der Waals surface area contributed by atoms with Gasteiger partial charge < -0.3 is 10.1 Å². The number of fused-ring (bicyclic) bond motifs is 1. The lowest BCUT2D eigenvalue weighted by Crippen LogP contribution is -2.24. The molecule has 0 aliphatic carbocycles. The Hall–Kier alpha value is -1.23. The summed E-state index contributed by atoms with van der Waals surface area (Å²) in [6, 6.07) is 4.97. The van der Waals surface area contributed by atoms with Gasteiger partial charge in [0.15, 0.2) is 5.75 Å². The van der Waals surface area contributed by atoms with Gasteiger partial charge in [-0.2, -0.15) is 0 Å². The number of benzene rings is 2. The number of rotatable bonds is 1. The van der Waals surface area contributed by atoms with Crippen molar-refractivity contribution in [2.24, 2.45) is 0 Å². The van der Waals surface area contributed by atoms with Gasteiger partial charge in [0, 0.05) is 16.7 Å². The summed E-state index contributed by atoms with van der Waals surface area (Å²) >= 11 is 17.7. The van der Waals surface area contributed by atoms with E-state index in [0.717, 1.165) is 6.07 Å². The molecule has 2 aromatic rings. The van der Waals surface area contributed by atoms with Crippen LogP contribution in [0.4, 0.5) is 14.5 Å². The zero-order valence-corrected chi connectivity index (χ0v) is 12.7. The van der Waals surface area contributed by atoms with Crippen LogP contribution in [0.3, 0.4) is 0 Å². The van der Waals surface area contributed by atoms with Crippen molar-refractivity contribution in [1.82, 2.24) is 0 Å². The molecular formula is C14H8Cl3F2NO. The van der Waals surface area contributed by atoms with Crippen LogP contribution >= 0.6 is 34.8 Å². The standard InChI is InChI=1S/C14H8Cl3F2NO/c15-8-4-9(16)11(19)3-7(8)13-5-20-12-2-6(18)1-10(17)14(12)21-13/h1-4,13,20H,5H2. The summed E-state index contributed by atoms with van der Waals surface area (Å²) in [4.78, 5) is 0. The third kappa shape index (κ3) is 2.76. The predicted octanol–water partition coefficient (Wildman–Crippen LogP) is 5.47. The molecule has 2 aromatic carbocycles. The lowest BCUT2D eigenvalue weighted by atomic mass is 10.1. The first kappa shape index (κ1) is 14.7. The van der Waals surface area contributed by atoms with E-state index in [9.17, 15) is 8.78 Å². The van der Waals surface area contributed by atoms with E-state index >= 15 is 0 Å². The minimum atomic E-state index is -0.587. The van der Waals surface area contributed by atoms with Crippen molar-refractivity contribution in [2.75, 3.05) is 11.9 Å². The molecule has 1 N–H and O–H groups in total. The minimum absolute atomic E-state index is 0.0620. The summed E-state index contributed by atoms with van der Waals surface area (Å²) in [6.07, 6.45) is -0.556. The minimum Gasteiger partial charge on any atom is -0.480 e. The monoisotopic (exact) mass is 349 g/mol. The first-order chi connectivity index (χ1) is 9.95. The molecule has 7 heteroatoms. The van der Waals surface area contributed by atoms with Gasteiger partial charge in [-0.25, -0.2) is 8.78 Å². The Balaban J connectivity index is 1.98. The maximum absolute atomic E-state index is 13.6. The summed E-state index contributed by atoms with van der Waals surface area (Å²) < 4.78 is 32.6. The summed E-state index contributed by atoms with van der Waals surface area (Å²) in [6.45, 7) is 0.299. The van der Waals surface area contributed by atoms with Crippen molar-refractivity contribution in [3.05, 3.63) is 56.5 Å². The molecule has 2 nitrogen and oxygen atoms in total. The number of hydrogen-bond acceptors (Lipinski definition) is 2. The van der Waals surface area contributed by atoms with Gasteiger partial charge in [0.25, 0.3) is 0 Å². The fourth-order valence-electron chi connectivity index (χ4n) is 2.16. The second kappa shape index (κ2) is 5.52. The largest absolute Gasteiger partial charge is 0.480 e. The van der Waals surface area contributed by atoms with Crippen molar-refractivity contribution < 1.29 is 13.5 Å². The molecular weight excluding hydrogens is 343 g/mol. The van der Waals surface area contributed by atoms with Gasteiger partial charge in [0.1, 0.15) is 17.7 Å². The Morgan fingerprint density at radius 3 is 2.52 bits per heavy atom. The zero-order chi connectivity index (χ0) is 15.1. The molecule has 21 heavy (non-hydrogen) atoms. The van der Waals surface area contributed by atoms with Gasteiger partial charge in [0.2, 0.25) is 0 Å². The molecule has 3 rings (SSSR count). The highest BCUT2D eigenvalue weighted by Crippen LogP contribution is 2.42. The highest BCUT2D eigenvalue weighted by molar-refractivity contribution is 6.35. The van der Waals surface area contributed by atoms with E-state index in [2.05, 4.69) is 5.32 Å². The number of halogens is 5. The summed E-state index contributed by atoms with van der Waals surface area (Å²) in [5.41, 5.74) is 0.888. The number of nitrogens with one attached hydrogen (secondary N) is 1. The molecule has 1 aliphatic heterocycles. The predicted molar refractivity (Wildman–Crippen MR) is 79.7 cm³/mol. The number of ether oxygens (including phenoxy) is 1. The van der Waals surface area contributed by atoms with E-state index in [0.29, 0.717) is 23.5 Å². The lowest BCUT2D eigenvalue weighted by Gasteiger charge is -2.29. The Labute approximate surface area is 134 Å². The third-order valence-corrected chi connectivity index (χ3v) is 4.03. The van der Waals surface area contributed by atoms with Gasteiger partial charge >= 0.3 is 0 Å². The van der Waals surface area contributed by atoms with E-state index in [-0.39, 0.29) is 15.1 Å². The van der Waals surface area contributed by atoms with Crippen LogP contribution in [0.25, 0.3) is 0 Å². The van der Waals surface area contributed by atoms with Crippen molar-refractivity contribution in [3.63, 3.8) is 0 Å². The first-order valence-electron chi connectivity index (χ1n) is 5.99. The van der Waals surface area contributed by atoms with Crippen molar-refractivity contribution in [3.8, 4) is 5.75 Å². The molecule has 0 fully saturated rings. The molecule has 0 aromatic heterocycles. The second-order valence-corrected chi connectivity index (χ2v) is 5.76. The Morgan fingerprint density at radius 2 is 1.76 bits per heavy atom. The molecule has 1 aliphatic rings. The Bertz CT molecular complexity index is 724. The number of anilines is 1. The van der Waals surface area contributed by atoms with Crippen LogP contribution in [0.1, 0.15) is 11.7 Å². The Kier molecular flexibility index (Phi) is 3.86. The Morgan fingerprint density at radius 1 is 1.00 bits per heavy atom. The van der Waals surface area contributed by atoms with Gasteiger partial charge in [-0.15, -0.1) is 0 Å². The normalized spacial score (nSPS) is 16.9. The van der Waals surface area contributed by atoms with E-state index in [4.69, 9.17) is 39.5 Å². The fraction of sp³-hybridized carbons (Fsp3) is 0.143. The van der Waals surface area contributed by atoms with Crippen LogP contribution in [0, 0.1) is 11.6 Å². The van der Waals surface area contributed by atoms with Crippen LogP contribution in [0.5, 0.6) is 5.75 Å². The number of hydrogen-bond donors (Lipinski definition) is 1. The summed E-state index contributed by atoms with van der Waals surface area (Å²) in [5.74, 6) is -0.750. The fourth-order valence-corrected chi connectivity index (χ4v) is 2.91. The van der Waals surface area contributed by atoms with Crippen LogP contribution in [0.15, 0.2) is 24.3 Å². The lowest BCUT2D eigenvalue weighted by molar-refractivity contribution is 0.210. The highest BCUT2D eigenvalue weighted by atomic mass is 35.5. The van der Waals surface area contributed by atoms with Gasteiger partial charge in [-0.3, -0.25) is 0 Å². The molecule has 0 bridgehead atoms. The van der Waals surface area contributed by atoms with Gasteiger partial charge in [-0.05, 0) is 18.2 Å². The zero-order valence-electron chi connectivity index (χ0n) is 10.4. The van der Waals surface area contributed by atoms with E-state index < -0.39 is 17.7 Å².